The summed E-state index contributed by atoms with van der Waals surface area (Å²) in [5, 5.41) is 0. The molecule has 1 saturated carbocycles. The second-order valence-corrected chi connectivity index (χ2v) is 5.59. The minimum absolute atomic E-state index is 0.659. The molecular weight excluding hydrogens is 192 g/mol. The summed E-state index contributed by atoms with van der Waals surface area (Å²) in [5.41, 5.74) is 3.03. The number of rotatable bonds is 4. The fourth-order valence-corrected chi connectivity index (χ4v) is 2.78. The zero-order valence-corrected chi connectivity index (χ0v) is 10.7. The van der Waals surface area contributed by atoms with Gasteiger partial charge in [0.1, 0.15) is 0 Å². The third-order valence-corrected chi connectivity index (χ3v) is 3.93. The van der Waals surface area contributed by atoms with Crippen molar-refractivity contribution in [1.82, 2.24) is 0 Å². The lowest BCUT2D eigenvalue weighted by Crippen LogP contribution is -1.97. The summed E-state index contributed by atoms with van der Waals surface area (Å²) in [6.07, 6.45) is 8.58. The van der Waals surface area contributed by atoms with E-state index in [1.54, 1.807) is 0 Å². The van der Waals surface area contributed by atoms with Gasteiger partial charge < -0.3 is 0 Å². The molecule has 88 valence electrons. The van der Waals surface area contributed by atoms with E-state index < -0.39 is 0 Å². The van der Waals surface area contributed by atoms with Crippen LogP contribution in [-0.2, 0) is 6.42 Å². The first-order valence-electron chi connectivity index (χ1n) is 6.84. The minimum Gasteiger partial charge on any atom is -0.0617 e. The average Bonchev–Trinajstić information content (AvgIpc) is 2.79. The Kier molecular flexibility index (Phi) is 4.04. The van der Waals surface area contributed by atoms with Crippen molar-refractivity contribution < 1.29 is 0 Å². The molecule has 0 N–H and O–H groups in total. The third-order valence-electron chi connectivity index (χ3n) is 3.93. The van der Waals surface area contributed by atoms with Gasteiger partial charge in [0.05, 0.1) is 0 Å². The van der Waals surface area contributed by atoms with E-state index in [0.717, 1.165) is 5.92 Å². The minimum atomic E-state index is 0.659. The van der Waals surface area contributed by atoms with Crippen molar-refractivity contribution in [1.29, 1.82) is 0 Å². The highest BCUT2D eigenvalue weighted by molar-refractivity contribution is 5.25. The zero-order valence-electron chi connectivity index (χ0n) is 10.7. The lowest BCUT2D eigenvalue weighted by Gasteiger charge is -2.11. The molecule has 0 heteroatoms. The van der Waals surface area contributed by atoms with Crippen LogP contribution in [0.4, 0.5) is 0 Å². The Labute approximate surface area is 100 Å². The number of hydrogen-bond acceptors (Lipinski definition) is 0. The van der Waals surface area contributed by atoms with E-state index in [4.69, 9.17) is 0 Å². The van der Waals surface area contributed by atoms with E-state index in [9.17, 15) is 0 Å². The summed E-state index contributed by atoms with van der Waals surface area (Å²) in [5.74, 6) is 1.68. The predicted octanol–water partition coefficient (Wildman–Crippen LogP) is 4.93. The summed E-state index contributed by atoms with van der Waals surface area (Å²) < 4.78 is 0. The van der Waals surface area contributed by atoms with Gasteiger partial charge in [-0.3, -0.25) is 0 Å². The Balaban J connectivity index is 1.90. The Hall–Kier alpha value is -0.780. The summed E-state index contributed by atoms with van der Waals surface area (Å²) in [6, 6.07) is 9.17. The molecule has 16 heavy (non-hydrogen) atoms. The summed E-state index contributed by atoms with van der Waals surface area (Å²) in [7, 11) is 0. The molecule has 0 bridgehead atoms. The van der Waals surface area contributed by atoms with E-state index >= 15 is 0 Å². The molecule has 1 aromatic rings. The summed E-state index contributed by atoms with van der Waals surface area (Å²) in [4.78, 5) is 0. The van der Waals surface area contributed by atoms with Crippen molar-refractivity contribution in [2.24, 2.45) is 5.92 Å². The Bertz CT molecular complexity index is 319. The standard InChI is InChI=1S/C16H24/c1-13(2)16-9-5-8-15(12-16)11-10-14-6-3-4-7-14/h5,8-9,12-14H,3-4,6-7,10-11H2,1-2H3. The van der Waals surface area contributed by atoms with Gasteiger partial charge in [-0.2, -0.15) is 0 Å². The molecule has 0 aliphatic heterocycles. The first-order chi connectivity index (χ1) is 7.75. The molecular formula is C16H24. The monoisotopic (exact) mass is 216 g/mol. The van der Waals surface area contributed by atoms with E-state index in [-0.39, 0.29) is 0 Å². The Morgan fingerprint density at radius 1 is 1.19 bits per heavy atom. The number of aryl methyl sites for hydroxylation is 1. The van der Waals surface area contributed by atoms with Gasteiger partial charge in [-0.1, -0.05) is 63.8 Å². The van der Waals surface area contributed by atoms with Crippen LogP contribution in [0.3, 0.4) is 0 Å². The van der Waals surface area contributed by atoms with Crippen molar-refractivity contribution >= 4 is 0 Å². The number of benzene rings is 1. The first-order valence-corrected chi connectivity index (χ1v) is 6.84. The Morgan fingerprint density at radius 2 is 1.94 bits per heavy atom. The maximum Gasteiger partial charge on any atom is -0.0219 e. The maximum absolute atomic E-state index is 2.40. The van der Waals surface area contributed by atoms with Gasteiger partial charge in [-0.15, -0.1) is 0 Å². The average molecular weight is 216 g/mol. The lowest BCUT2D eigenvalue weighted by molar-refractivity contribution is 0.503. The van der Waals surface area contributed by atoms with Crippen molar-refractivity contribution in [3.8, 4) is 0 Å². The van der Waals surface area contributed by atoms with E-state index in [2.05, 4.69) is 38.1 Å². The van der Waals surface area contributed by atoms with Crippen molar-refractivity contribution in [2.45, 2.75) is 58.3 Å². The highest BCUT2D eigenvalue weighted by Crippen LogP contribution is 2.29. The van der Waals surface area contributed by atoms with Crippen molar-refractivity contribution in [2.75, 3.05) is 0 Å². The maximum atomic E-state index is 2.40. The van der Waals surface area contributed by atoms with Crippen LogP contribution in [0.25, 0.3) is 0 Å². The van der Waals surface area contributed by atoms with Crippen LogP contribution in [0, 0.1) is 5.92 Å². The van der Waals surface area contributed by atoms with Crippen LogP contribution in [0.1, 0.15) is 63.0 Å². The van der Waals surface area contributed by atoms with Crippen LogP contribution in [0.5, 0.6) is 0 Å². The molecule has 0 heterocycles. The van der Waals surface area contributed by atoms with Crippen molar-refractivity contribution in [3.05, 3.63) is 35.4 Å². The molecule has 0 atom stereocenters. The van der Waals surface area contributed by atoms with Gasteiger partial charge in [-0.25, -0.2) is 0 Å². The molecule has 0 saturated heterocycles. The number of hydrogen-bond donors (Lipinski definition) is 0. The second kappa shape index (κ2) is 5.52. The third kappa shape index (κ3) is 3.10. The van der Waals surface area contributed by atoms with Crippen LogP contribution in [0.15, 0.2) is 24.3 Å². The fraction of sp³-hybridized carbons (Fsp3) is 0.625. The van der Waals surface area contributed by atoms with Gasteiger partial charge in [0.2, 0.25) is 0 Å². The van der Waals surface area contributed by atoms with Crippen molar-refractivity contribution in [3.63, 3.8) is 0 Å². The van der Waals surface area contributed by atoms with Crippen LogP contribution in [0.2, 0.25) is 0 Å². The van der Waals surface area contributed by atoms with E-state index in [1.807, 2.05) is 0 Å². The summed E-state index contributed by atoms with van der Waals surface area (Å²) in [6.45, 7) is 4.55. The normalized spacial score (nSPS) is 17.2. The quantitative estimate of drug-likeness (QED) is 0.669. The molecule has 1 aliphatic carbocycles. The second-order valence-electron chi connectivity index (χ2n) is 5.59. The van der Waals surface area contributed by atoms with E-state index in [0.29, 0.717) is 5.92 Å². The fourth-order valence-electron chi connectivity index (χ4n) is 2.78. The molecule has 0 amide bonds. The molecule has 0 nitrogen and oxygen atoms in total. The topological polar surface area (TPSA) is 0 Å². The molecule has 1 aromatic carbocycles. The van der Waals surface area contributed by atoms with Crippen LogP contribution < -0.4 is 0 Å². The van der Waals surface area contributed by atoms with Gasteiger partial charge in [0.15, 0.2) is 0 Å². The SMILES string of the molecule is CC(C)c1cccc(CCC2CCCC2)c1. The van der Waals surface area contributed by atoms with Gasteiger partial charge >= 0.3 is 0 Å². The highest BCUT2D eigenvalue weighted by atomic mass is 14.2. The molecule has 0 aromatic heterocycles. The Morgan fingerprint density at radius 3 is 2.62 bits per heavy atom. The molecule has 1 fully saturated rings. The van der Waals surface area contributed by atoms with Gasteiger partial charge in [-0.05, 0) is 35.8 Å². The highest BCUT2D eigenvalue weighted by Gasteiger charge is 2.14. The van der Waals surface area contributed by atoms with Gasteiger partial charge in [0.25, 0.3) is 0 Å². The first kappa shape index (κ1) is 11.7. The molecule has 0 spiro atoms. The molecule has 0 unspecified atom stereocenters. The molecule has 2 rings (SSSR count). The van der Waals surface area contributed by atoms with Crippen LogP contribution >= 0.6 is 0 Å². The molecule has 0 radical (unpaired) electrons. The van der Waals surface area contributed by atoms with Gasteiger partial charge in [0, 0.05) is 0 Å². The zero-order chi connectivity index (χ0) is 11.4. The largest absolute Gasteiger partial charge is 0.0617 e. The molecule has 1 aliphatic rings. The van der Waals surface area contributed by atoms with Crippen LogP contribution in [-0.4, -0.2) is 0 Å². The predicted molar refractivity (Wildman–Crippen MR) is 70.8 cm³/mol. The summed E-state index contributed by atoms with van der Waals surface area (Å²) >= 11 is 0. The smallest absolute Gasteiger partial charge is 0.0219 e. The van der Waals surface area contributed by atoms with E-state index in [1.165, 1.54) is 49.7 Å². The lowest BCUT2D eigenvalue weighted by atomic mass is 9.95.